The molecule has 1 saturated heterocycles. The molecule has 1 amide bonds. The molecule has 0 unspecified atom stereocenters. The molecule has 2 heterocycles. The van der Waals surface area contributed by atoms with E-state index in [1.807, 2.05) is 0 Å². The van der Waals surface area contributed by atoms with Crippen molar-refractivity contribution in [2.24, 2.45) is 16.7 Å². The predicted octanol–water partition coefficient (Wildman–Crippen LogP) is 1.51. The number of amides is 1. The Morgan fingerprint density at radius 2 is 1.68 bits per heavy atom. The van der Waals surface area contributed by atoms with E-state index in [1.54, 1.807) is 46.8 Å². The van der Waals surface area contributed by atoms with Crippen LogP contribution in [0, 0.1) is 16.7 Å². The Hall–Kier alpha value is -3.90. The Morgan fingerprint density at radius 1 is 1.00 bits per heavy atom. The van der Waals surface area contributed by atoms with Crippen LogP contribution in [-0.2, 0) is 57.1 Å². The molecule has 11 atom stereocenters. The number of esters is 4. The molecule has 312 valence electrons. The molecule has 5 aliphatic rings. The number of aliphatic hydroxyl groups excluding tert-OH is 2. The Labute approximate surface area is 325 Å². The first-order valence-corrected chi connectivity index (χ1v) is 18.8. The maximum absolute atomic E-state index is 15.3. The van der Waals surface area contributed by atoms with E-state index in [1.165, 1.54) is 13.8 Å². The number of aliphatic hydroxyl groups is 3. The molecule has 4 N–H and O–H groups in total. The van der Waals surface area contributed by atoms with Crippen molar-refractivity contribution in [1.29, 1.82) is 0 Å². The molecule has 5 rings (SSSR count). The summed E-state index contributed by atoms with van der Waals surface area (Å²) >= 11 is 0. The van der Waals surface area contributed by atoms with E-state index in [4.69, 9.17) is 33.2 Å². The van der Waals surface area contributed by atoms with E-state index in [-0.39, 0.29) is 43.6 Å². The van der Waals surface area contributed by atoms with Gasteiger partial charge in [-0.15, -0.1) is 0 Å². The highest BCUT2D eigenvalue weighted by Crippen LogP contribution is 2.64. The van der Waals surface area contributed by atoms with Gasteiger partial charge in [-0.05, 0) is 58.6 Å². The molecule has 3 aliphatic carbocycles. The lowest BCUT2D eigenvalue weighted by molar-refractivity contribution is -0.347. The zero-order valence-corrected chi connectivity index (χ0v) is 33.4. The van der Waals surface area contributed by atoms with Crippen molar-refractivity contribution < 1.29 is 77.2 Å². The van der Waals surface area contributed by atoms with Crippen molar-refractivity contribution >= 4 is 35.8 Å². The van der Waals surface area contributed by atoms with Gasteiger partial charge in [-0.1, -0.05) is 26.0 Å². The number of carbonyl (C=O) groups is 6. The number of carbonyl (C=O) groups excluding carboxylic acids is 6. The second-order valence-corrected chi connectivity index (χ2v) is 17.2. The molecule has 2 saturated carbocycles. The van der Waals surface area contributed by atoms with E-state index in [9.17, 15) is 39.3 Å². The van der Waals surface area contributed by atoms with Crippen LogP contribution in [0.1, 0.15) is 88.0 Å². The largest absolute Gasteiger partial charge is 0.457 e. The molecular weight excluding hydrogens is 738 g/mol. The third-order valence-electron chi connectivity index (χ3n) is 12.0. The van der Waals surface area contributed by atoms with Crippen molar-refractivity contribution in [3.63, 3.8) is 0 Å². The number of nitrogens with one attached hydrogen (secondary N) is 1. The van der Waals surface area contributed by atoms with Crippen LogP contribution in [0.25, 0.3) is 0 Å². The summed E-state index contributed by atoms with van der Waals surface area (Å²) < 4.78 is 40.6. The zero-order chi connectivity index (χ0) is 41.8. The van der Waals surface area contributed by atoms with Gasteiger partial charge in [0, 0.05) is 32.1 Å². The third-order valence-corrected chi connectivity index (χ3v) is 12.0. The first-order valence-electron chi connectivity index (χ1n) is 18.8. The number of ketones is 1. The summed E-state index contributed by atoms with van der Waals surface area (Å²) in [4.78, 5) is 81.4. The van der Waals surface area contributed by atoms with Crippen LogP contribution in [0.2, 0.25) is 0 Å². The highest BCUT2D eigenvalue weighted by molar-refractivity contribution is 5.95. The molecule has 0 aromatic carbocycles. The highest BCUT2D eigenvalue weighted by atomic mass is 16.6. The van der Waals surface area contributed by atoms with Gasteiger partial charge >= 0.3 is 30.0 Å². The van der Waals surface area contributed by atoms with Gasteiger partial charge in [-0.2, -0.15) is 0 Å². The summed E-state index contributed by atoms with van der Waals surface area (Å²) in [7, 11) is 0. The summed E-state index contributed by atoms with van der Waals surface area (Å²) in [5.41, 5.74) is -8.49. The highest BCUT2D eigenvalue weighted by Gasteiger charge is 2.78. The van der Waals surface area contributed by atoms with Crippen molar-refractivity contribution in [1.82, 2.24) is 5.32 Å². The molecule has 0 spiro atoms. The van der Waals surface area contributed by atoms with Gasteiger partial charge in [0.05, 0.1) is 36.7 Å². The van der Waals surface area contributed by atoms with Crippen LogP contribution in [0.4, 0.5) is 4.79 Å². The number of alkyl carbamates (subject to hydrolysis) is 1. The summed E-state index contributed by atoms with van der Waals surface area (Å²) in [5.74, 6) is -6.25. The van der Waals surface area contributed by atoms with Crippen LogP contribution >= 0.6 is 0 Å². The molecule has 3 fully saturated rings. The summed E-state index contributed by atoms with van der Waals surface area (Å²) in [6, 6.07) is -1.23. The molecule has 56 heavy (non-hydrogen) atoms. The second-order valence-electron chi connectivity index (χ2n) is 17.2. The third kappa shape index (κ3) is 7.60. The summed E-state index contributed by atoms with van der Waals surface area (Å²) in [5, 5.41) is 39.2. The Kier molecular flexibility index (Phi) is 11.9. The molecule has 0 aromatic heterocycles. The second kappa shape index (κ2) is 15.5. The fourth-order valence-corrected chi connectivity index (χ4v) is 9.25. The van der Waals surface area contributed by atoms with Gasteiger partial charge in [0.25, 0.3) is 0 Å². The quantitative estimate of drug-likeness (QED) is 0.180. The predicted molar refractivity (Wildman–Crippen MR) is 191 cm³/mol. The van der Waals surface area contributed by atoms with Crippen molar-refractivity contribution in [2.75, 3.05) is 19.8 Å². The van der Waals surface area contributed by atoms with Gasteiger partial charge in [0.1, 0.15) is 36.1 Å². The number of Topliss-reactive ketones (excluding diaryl/α,β-unsaturated/α-hetero) is 1. The average molecular weight is 794 g/mol. The van der Waals surface area contributed by atoms with E-state index in [0.29, 0.717) is 0 Å². The van der Waals surface area contributed by atoms with Crippen LogP contribution in [0.15, 0.2) is 23.3 Å². The van der Waals surface area contributed by atoms with Crippen molar-refractivity contribution in [2.45, 2.75) is 147 Å². The van der Waals surface area contributed by atoms with Crippen molar-refractivity contribution in [3.05, 3.63) is 23.3 Å². The molecule has 0 aromatic rings. The van der Waals surface area contributed by atoms with Gasteiger partial charge < -0.3 is 53.8 Å². The molecule has 2 aliphatic heterocycles. The number of ether oxygens (including phenoxy) is 7. The monoisotopic (exact) mass is 793 g/mol. The number of fused-ring (bicyclic) bond motifs is 6. The van der Waals surface area contributed by atoms with Gasteiger partial charge in [0.2, 0.25) is 0 Å². The van der Waals surface area contributed by atoms with Crippen LogP contribution in [0.3, 0.4) is 0 Å². The van der Waals surface area contributed by atoms with Crippen molar-refractivity contribution in [3.8, 4) is 0 Å². The van der Waals surface area contributed by atoms with E-state index in [2.05, 4.69) is 5.32 Å². The Bertz CT molecular complexity index is 1680. The van der Waals surface area contributed by atoms with Crippen LogP contribution < -0.4 is 5.32 Å². The normalized spacial score (nSPS) is 39.5. The number of rotatable bonds is 3. The van der Waals surface area contributed by atoms with Crippen LogP contribution in [0.5, 0.6) is 0 Å². The van der Waals surface area contributed by atoms with Gasteiger partial charge in [0.15, 0.2) is 23.6 Å². The first kappa shape index (κ1) is 43.2. The summed E-state index contributed by atoms with van der Waals surface area (Å²) in [6.45, 7) is 12.1. The molecule has 0 radical (unpaired) electrons. The van der Waals surface area contributed by atoms with E-state index < -0.39 is 125 Å². The van der Waals surface area contributed by atoms with Gasteiger partial charge in [-0.25, -0.2) is 14.4 Å². The minimum atomic E-state index is -2.36. The fourth-order valence-electron chi connectivity index (χ4n) is 9.25. The molecule has 17 nitrogen and oxygen atoms in total. The summed E-state index contributed by atoms with van der Waals surface area (Å²) in [6.07, 6.45) is -7.71. The topological polar surface area (TPSA) is 240 Å². The lowest BCUT2D eigenvalue weighted by Gasteiger charge is -2.67. The zero-order valence-electron chi connectivity index (χ0n) is 33.4. The first-order chi connectivity index (χ1) is 25.9. The Morgan fingerprint density at radius 3 is 2.27 bits per heavy atom. The lowest BCUT2D eigenvalue weighted by Crippen LogP contribution is -2.82. The maximum Gasteiger partial charge on any atom is 0.407 e. The van der Waals surface area contributed by atoms with E-state index in [0.717, 1.165) is 13.8 Å². The molecular formula is C39H55NO16. The number of hydrogen-bond acceptors (Lipinski definition) is 16. The smallest absolute Gasteiger partial charge is 0.407 e. The fraction of sp³-hybridized carbons (Fsp3) is 0.744. The molecule has 3 bridgehead atoms. The lowest BCUT2D eigenvalue weighted by atomic mass is 9.44. The average Bonchev–Trinajstić information content (AvgIpc) is 3.06. The SMILES string of the molecule is CC(=O)O[C@H]1C(=O)[C@@]2(C)[C@H]([C@@H]3OC(=O)COC/C=C/CC[C@H](NC(=O)OC(C)(C)C)[C@@H](O)C(=O)O[C@H]4C[C@]3(O)C(C)(C)C1=C4C)[C@]1(OC(C)=O)CO[C@@H]1C[C@@H]2O. The van der Waals surface area contributed by atoms with E-state index >= 15 is 4.79 Å². The maximum atomic E-state index is 15.3. The van der Waals surface area contributed by atoms with Gasteiger partial charge in [-0.3, -0.25) is 14.4 Å². The number of allylic oxidation sites excluding steroid dienone is 1. The Balaban J connectivity index is 1.74. The minimum Gasteiger partial charge on any atom is -0.457 e. The standard InChI is InChI=1S/C39H55NO16/c1-19-23-16-39(49)32(54-26(44)17-50-14-12-10-11-13-22(28(45)33(47)53-23)40-34(48)56-35(4,5)6)30-37(9,24(43)15-25-38(30,18-51-25)55-21(3)42)31(46)29(52-20(2)41)27(19)36(39,7)8/h10,12,22-25,28-30,32,43,45,49H,11,13-18H2,1-9H3,(H,40,48)/b12-10+/t22-,23-,24-,25+,28+,29+,30-,32-,37+,38-,39+/m0/s1. The van der Waals surface area contributed by atoms with Crippen LogP contribution in [-0.4, -0.2) is 130 Å². The minimum absolute atomic E-state index is 0.00183. The number of hydrogen-bond donors (Lipinski definition) is 4. The molecule has 17 heteroatoms.